The number of ether oxygens (including phenoxy) is 1. The van der Waals surface area contributed by atoms with Gasteiger partial charge in [0.15, 0.2) is 0 Å². The molecule has 0 amide bonds. The number of halogens is 3. The Morgan fingerprint density at radius 3 is 2.29 bits per heavy atom. The number of rotatable bonds is 8. The van der Waals surface area contributed by atoms with Crippen molar-refractivity contribution in [1.82, 2.24) is 5.32 Å². The molecule has 31 heavy (non-hydrogen) atoms. The summed E-state index contributed by atoms with van der Waals surface area (Å²) in [6.07, 6.45) is 0.816. The van der Waals surface area contributed by atoms with Gasteiger partial charge in [-0.05, 0) is 59.6 Å². The lowest BCUT2D eigenvalue weighted by atomic mass is 10.0. The third kappa shape index (κ3) is 5.37. The monoisotopic (exact) mass is 453 g/mol. The van der Waals surface area contributed by atoms with Gasteiger partial charge in [0.1, 0.15) is 18.2 Å². The average Bonchev–Trinajstić information content (AvgIpc) is 2.78. The fourth-order valence-electron chi connectivity index (χ4n) is 3.55. The standard InChI is InChI=1S/C26H22Cl2FNO/c27-24-6-3-7-25(28)23(24)17-31-26-13-10-19-4-1-2-5-21(19)22(26)16-30-15-14-18-8-11-20(29)12-9-18/h1-13,30H,14-17H2. The maximum Gasteiger partial charge on any atom is 0.124 e. The van der Waals surface area contributed by atoms with Gasteiger partial charge in [-0.1, -0.05) is 71.7 Å². The molecule has 0 heterocycles. The van der Waals surface area contributed by atoms with Crippen molar-refractivity contribution < 1.29 is 9.13 Å². The Hall–Kier alpha value is -2.59. The zero-order valence-corrected chi connectivity index (χ0v) is 18.4. The van der Waals surface area contributed by atoms with Crippen molar-refractivity contribution in [1.29, 1.82) is 0 Å². The second-order valence-electron chi connectivity index (χ2n) is 7.31. The molecule has 0 saturated carbocycles. The second-order valence-corrected chi connectivity index (χ2v) is 8.12. The molecule has 1 N–H and O–H groups in total. The van der Waals surface area contributed by atoms with Gasteiger partial charge in [-0.15, -0.1) is 0 Å². The topological polar surface area (TPSA) is 21.3 Å². The first-order valence-electron chi connectivity index (χ1n) is 10.1. The molecular weight excluding hydrogens is 432 g/mol. The van der Waals surface area contributed by atoms with E-state index in [-0.39, 0.29) is 5.82 Å². The zero-order valence-electron chi connectivity index (χ0n) is 16.9. The highest BCUT2D eigenvalue weighted by Crippen LogP contribution is 2.31. The first-order chi connectivity index (χ1) is 15.1. The van der Waals surface area contributed by atoms with Gasteiger partial charge in [0.05, 0.1) is 0 Å². The van der Waals surface area contributed by atoms with Crippen molar-refractivity contribution in [2.75, 3.05) is 6.54 Å². The Bertz CT molecular complexity index is 1160. The van der Waals surface area contributed by atoms with Crippen molar-refractivity contribution in [2.45, 2.75) is 19.6 Å². The molecule has 4 rings (SSSR count). The molecule has 5 heteroatoms. The Kier molecular flexibility index (Phi) is 7.08. The number of hydrogen-bond donors (Lipinski definition) is 1. The van der Waals surface area contributed by atoms with Gasteiger partial charge in [0.25, 0.3) is 0 Å². The predicted molar refractivity (Wildman–Crippen MR) is 127 cm³/mol. The van der Waals surface area contributed by atoms with Crippen molar-refractivity contribution in [3.63, 3.8) is 0 Å². The van der Waals surface area contributed by atoms with Crippen LogP contribution in [0.1, 0.15) is 16.7 Å². The number of fused-ring (bicyclic) bond motifs is 1. The largest absolute Gasteiger partial charge is 0.488 e. The lowest BCUT2D eigenvalue weighted by Crippen LogP contribution is -2.17. The Labute approximate surface area is 191 Å². The molecule has 4 aromatic carbocycles. The molecule has 0 saturated heterocycles. The molecule has 0 bridgehead atoms. The van der Waals surface area contributed by atoms with Crippen molar-refractivity contribution in [3.05, 3.63) is 111 Å². The lowest BCUT2D eigenvalue weighted by Gasteiger charge is -2.16. The van der Waals surface area contributed by atoms with Crippen LogP contribution in [0.15, 0.2) is 78.9 Å². The minimum absolute atomic E-state index is 0.215. The Morgan fingerprint density at radius 2 is 1.52 bits per heavy atom. The summed E-state index contributed by atoms with van der Waals surface area (Å²) in [6.45, 7) is 1.71. The van der Waals surface area contributed by atoms with Crippen LogP contribution in [0.25, 0.3) is 10.8 Å². The molecule has 0 aliphatic carbocycles. The molecule has 0 aliphatic rings. The van der Waals surface area contributed by atoms with Crippen LogP contribution < -0.4 is 10.1 Å². The van der Waals surface area contributed by atoms with E-state index in [1.807, 2.05) is 48.5 Å². The molecule has 0 radical (unpaired) electrons. The minimum atomic E-state index is -0.215. The van der Waals surface area contributed by atoms with Crippen molar-refractivity contribution in [2.24, 2.45) is 0 Å². The van der Waals surface area contributed by atoms with Crippen LogP contribution in [0.4, 0.5) is 4.39 Å². The highest BCUT2D eigenvalue weighted by Gasteiger charge is 2.12. The Morgan fingerprint density at radius 1 is 0.774 bits per heavy atom. The summed E-state index contributed by atoms with van der Waals surface area (Å²) in [5.74, 6) is 0.580. The van der Waals surface area contributed by atoms with Crippen molar-refractivity contribution >= 4 is 34.0 Å². The van der Waals surface area contributed by atoms with Crippen LogP contribution in [0.5, 0.6) is 5.75 Å². The smallest absolute Gasteiger partial charge is 0.124 e. The van der Waals surface area contributed by atoms with E-state index in [0.717, 1.165) is 46.2 Å². The zero-order chi connectivity index (χ0) is 21.6. The quantitative estimate of drug-likeness (QED) is 0.285. The maximum atomic E-state index is 13.1. The van der Waals surface area contributed by atoms with Gasteiger partial charge >= 0.3 is 0 Å². The highest BCUT2D eigenvalue weighted by molar-refractivity contribution is 6.35. The predicted octanol–water partition coefficient (Wildman–Crippen LogP) is 7.20. The van der Waals surface area contributed by atoms with E-state index in [1.165, 1.54) is 12.1 Å². The van der Waals surface area contributed by atoms with E-state index in [0.29, 0.717) is 23.2 Å². The fraction of sp³-hybridized carbons (Fsp3) is 0.154. The summed E-state index contributed by atoms with van der Waals surface area (Å²) in [6, 6.07) is 24.3. The summed E-state index contributed by atoms with van der Waals surface area (Å²) < 4.78 is 19.3. The first-order valence-corrected chi connectivity index (χ1v) is 10.9. The number of nitrogens with one attached hydrogen (secondary N) is 1. The van der Waals surface area contributed by atoms with E-state index < -0.39 is 0 Å². The normalized spacial score (nSPS) is 11.1. The molecular formula is C26H22Cl2FNO. The van der Waals surface area contributed by atoms with Crippen LogP contribution in [0, 0.1) is 5.82 Å². The molecule has 0 fully saturated rings. The maximum absolute atomic E-state index is 13.1. The van der Waals surface area contributed by atoms with E-state index in [9.17, 15) is 4.39 Å². The summed E-state index contributed by atoms with van der Waals surface area (Å²) in [5.41, 5.74) is 2.95. The van der Waals surface area contributed by atoms with Gasteiger partial charge in [0, 0.05) is 27.7 Å². The van der Waals surface area contributed by atoms with E-state index in [2.05, 4.69) is 23.5 Å². The van der Waals surface area contributed by atoms with Crippen LogP contribution in [0.3, 0.4) is 0 Å². The molecule has 4 aromatic rings. The number of benzene rings is 4. The van der Waals surface area contributed by atoms with Crippen LogP contribution in [-0.2, 0) is 19.6 Å². The third-order valence-electron chi connectivity index (χ3n) is 5.24. The minimum Gasteiger partial charge on any atom is -0.488 e. The van der Waals surface area contributed by atoms with Gasteiger partial charge in [-0.3, -0.25) is 0 Å². The first kappa shape index (κ1) is 21.6. The molecule has 0 unspecified atom stereocenters. The molecule has 0 spiro atoms. The molecule has 0 aliphatic heterocycles. The number of hydrogen-bond acceptors (Lipinski definition) is 2. The summed E-state index contributed by atoms with van der Waals surface area (Å²) >= 11 is 12.6. The third-order valence-corrected chi connectivity index (χ3v) is 5.95. The van der Waals surface area contributed by atoms with E-state index >= 15 is 0 Å². The van der Waals surface area contributed by atoms with Gasteiger partial charge in [-0.2, -0.15) is 0 Å². The fourth-order valence-corrected chi connectivity index (χ4v) is 4.06. The van der Waals surface area contributed by atoms with Gasteiger partial charge in [0.2, 0.25) is 0 Å². The van der Waals surface area contributed by atoms with Crippen LogP contribution in [0.2, 0.25) is 10.0 Å². The highest BCUT2D eigenvalue weighted by atomic mass is 35.5. The summed E-state index contributed by atoms with van der Waals surface area (Å²) in [4.78, 5) is 0. The van der Waals surface area contributed by atoms with Crippen LogP contribution >= 0.6 is 23.2 Å². The second kappa shape index (κ2) is 10.1. The van der Waals surface area contributed by atoms with E-state index in [4.69, 9.17) is 27.9 Å². The molecule has 0 aromatic heterocycles. The molecule has 2 nitrogen and oxygen atoms in total. The summed E-state index contributed by atoms with van der Waals surface area (Å²) in [7, 11) is 0. The molecule has 0 atom stereocenters. The van der Waals surface area contributed by atoms with Crippen molar-refractivity contribution in [3.8, 4) is 5.75 Å². The summed E-state index contributed by atoms with van der Waals surface area (Å²) in [5, 5.41) is 6.96. The molecule has 158 valence electrons. The SMILES string of the molecule is Fc1ccc(CCNCc2c(OCc3c(Cl)cccc3Cl)ccc3ccccc23)cc1. The van der Waals surface area contributed by atoms with Gasteiger partial charge < -0.3 is 10.1 Å². The van der Waals surface area contributed by atoms with Gasteiger partial charge in [-0.25, -0.2) is 4.39 Å². The van der Waals surface area contributed by atoms with Crippen LogP contribution in [-0.4, -0.2) is 6.54 Å². The lowest BCUT2D eigenvalue weighted by molar-refractivity contribution is 0.303. The average molecular weight is 454 g/mol. The van der Waals surface area contributed by atoms with E-state index in [1.54, 1.807) is 0 Å². The Balaban J connectivity index is 1.50.